The molecule has 0 unspecified atom stereocenters. The Morgan fingerprint density at radius 3 is 1.50 bits per heavy atom. The second kappa shape index (κ2) is 9.25. The molecule has 0 fully saturated rings. The predicted molar refractivity (Wildman–Crippen MR) is 15.6 cm³/mol. The summed E-state index contributed by atoms with van der Waals surface area (Å²) in [5.41, 5.74) is 0. The third kappa shape index (κ3) is 5.56. The number of hydrogen-bond acceptors (Lipinski definition) is 2. The Kier molecular flexibility index (Phi) is 13.6. The summed E-state index contributed by atoms with van der Waals surface area (Å²) in [5, 5.41) is 20.2. The molecule has 0 amide bonds. The van der Waals surface area contributed by atoms with E-state index in [0.29, 0.717) is 0 Å². The Balaban J connectivity index is 0. The molecule has 0 saturated carbocycles. The van der Waals surface area contributed by atoms with E-state index in [1.165, 1.54) is 0 Å². The van der Waals surface area contributed by atoms with E-state index in [-0.39, 0.29) is 0 Å². The fourth-order valence-electron chi connectivity index (χ4n) is 0. The Hall–Kier alpha value is -1.24. The van der Waals surface area contributed by atoms with Gasteiger partial charge in [-0.15, -0.1) is 0 Å². The monoisotopic (exact) mass is 88.0 g/mol. The van der Waals surface area contributed by atoms with Crippen molar-refractivity contribution in [2.75, 3.05) is 0 Å². The standard InChI is InChI=1S/CN.CH2O3/c1-2;2-1(3)4/h;(H2,2,3,4)/q-1;. The van der Waals surface area contributed by atoms with Crippen LogP contribution in [-0.2, 0) is 0 Å². The number of carboxylic acid groups (broad SMARTS) is 2. The third-order valence-corrected chi connectivity index (χ3v) is 0. The first-order valence-electron chi connectivity index (χ1n) is 0.875. The summed E-state index contributed by atoms with van der Waals surface area (Å²) in [6.45, 7) is 4.75. The van der Waals surface area contributed by atoms with Gasteiger partial charge in [0.1, 0.15) is 0 Å². The Morgan fingerprint density at radius 2 is 1.50 bits per heavy atom. The van der Waals surface area contributed by atoms with Gasteiger partial charge in [0.05, 0.1) is 0 Å². The van der Waals surface area contributed by atoms with E-state index in [1.807, 2.05) is 0 Å². The van der Waals surface area contributed by atoms with Crippen molar-refractivity contribution in [2.24, 2.45) is 0 Å². The Morgan fingerprint density at radius 1 is 1.50 bits per heavy atom. The van der Waals surface area contributed by atoms with Crippen molar-refractivity contribution in [3.8, 4) is 0 Å². The van der Waals surface area contributed by atoms with Crippen LogP contribution in [0.3, 0.4) is 0 Å². The highest BCUT2D eigenvalue weighted by molar-refractivity contribution is 5.53. The number of hydrogen-bond donors (Lipinski definition) is 2. The Bertz CT molecular complexity index is 53.1. The molecule has 6 heavy (non-hydrogen) atoms. The molecule has 0 bridgehead atoms. The van der Waals surface area contributed by atoms with Crippen LogP contribution in [0.4, 0.5) is 4.79 Å². The fraction of sp³-hybridized carbons (Fsp3) is 0. The number of carbonyl (C=O) groups is 1. The van der Waals surface area contributed by atoms with Crippen molar-refractivity contribution < 1.29 is 15.0 Å². The fourth-order valence-corrected chi connectivity index (χ4v) is 0. The largest absolute Gasteiger partial charge is 0.512 e. The molecule has 0 aromatic carbocycles. The predicted octanol–water partition coefficient (Wildman–Crippen LogP) is 0.319. The van der Waals surface area contributed by atoms with Crippen LogP contribution < -0.4 is 0 Å². The van der Waals surface area contributed by atoms with Crippen molar-refractivity contribution in [1.29, 1.82) is 5.26 Å². The van der Waals surface area contributed by atoms with Crippen molar-refractivity contribution in [3.63, 3.8) is 0 Å². The van der Waals surface area contributed by atoms with Crippen LogP contribution in [0, 0.1) is 11.8 Å². The van der Waals surface area contributed by atoms with Crippen LogP contribution in [0.15, 0.2) is 0 Å². The SMILES string of the molecule is O=C(O)O.[C-]#N. The van der Waals surface area contributed by atoms with E-state index in [1.54, 1.807) is 0 Å². The highest BCUT2D eigenvalue weighted by Gasteiger charge is 1.70. The summed E-state index contributed by atoms with van der Waals surface area (Å²) in [7, 11) is 0. The molecule has 0 spiro atoms. The molecule has 0 aromatic heterocycles. The minimum atomic E-state index is -1.83. The van der Waals surface area contributed by atoms with Crippen LogP contribution in [0.1, 0.15) is 0 Å². The zero-order valence-corrected chi connectivity index (χ0v) is 2.75. The minimum absolute atomic E-state index is 1.83. The van der Waals surface area contributed by atoms with E-state index < -0.39 is 6.16 Å². The summed E-state index contributed by atoms with van der Waals surface area (Å²) in [6.07, 6.45) is -1.83. The lowest BCUT2D eigenvalue weighted by atomic mass is 11.5. The molecule has 0 saturated heterocycles. The van der Waals surface area contributed by atoms with Gasteiger partial charge in [0.15, 0.2) is 0 Å². The second-order valence-corrected chi connectivity index (χ2v) is 0.283. The van der Waals surface area contributed by atoms with Gasteiger partial charge in [-0.3, -0.25) is 0 Å². The summed E-state index contributed by atoms with van der Waals surface area (Å²) in [5.74, 6) is 0. The number of nitrogens with zero attached hydrogens (tertiary/aromatic N) is 1. The second-order valence-electron chi connectivity index (χ2n) is 0.283. The van der Waals surface area contributed by atoms with E-state index in [0.717, 1.165) is 0 Å². The molecular formula is C2H2NO3-. The van der Waals surface area contributed by atoms with Crippen LogP contribution >= 0.6 is 0 Å². The lowest BCUT2D eigenvalue weighted by molar-refractivity contribution is 0.137. The zero-order chi connectivity index (χ0) is 5.58. The molecule has 0 radical (unpaired) electrons. The molecule has 0 aliphatic carbocycles. The average Bonchev–Trinajstić information content (AvgIpc) is 1.41. The molecule has 0 rings (SSSR count). The van der Waals surface area contributed by atoms with Gasteiger partial charge in [-0.2, -0.15) is 0 Å². The summed E-state index contributed by atoms with van der Waals surface area (Å²) in [4.78, 5) is 8.56. The van der Waals surface area contributed by atoms with Crippen LogP contribution in [0.5, 0.6) is 0 Å². The van der Waals surface area contributed by atoms with Gasteiger partial charge in [-0.1, -0.05) is 0 Å². The summed E-state index contributed by atoms with van der Waals surface area (Å²) < 4.78 is 0. The van der Waals surface area contributed by atoms with Crippen molar-refractivity contribution >= 4 is 6.16 Å². The topological polar surface area (TPSA) is 81.3 Å². The summed E-state index contributed by atoms with van der Waals surface area (Å²) >= 11 is 0. The van der Waals surface area contributed by atoms with Gasteiger partial charge in [0.25, 0.3) is 0 Å². The maximum Gasteiger partial charge on any atom is 0.503 e. The average molecular weight is 88.0 g/mol. The molecule has 4 nitrogen and oxygen atoms in total. The first-order valence-corrected chi connectivity index (χ1v) is 0.875. The van der Waals surface area contributed by atoms with Gasteiger partial charge in [0, 0.05) is 0 Å². The molecule has 4 heteroatoms. The van der Waals surface area contributed by atoms with Crippen LogP contribution in [0.25, 0.3) is 0 Å². The summed E-state index contributed by atoms with van der Waals surface area (Å²) in [6, 6.07) is 0. The third-order valence-electron chi connectivity index (χ3n) is 0. The zero-order valence-electron chi connectivity index (χ0n) is 2.75. The molecule has 0 aromatic rings. The molecular weight excluding hydrogens is 86.0 g/mol. The van der Waals surface area contributed by atoms with Crippen LogP contribution in [0.2, 0.25) is 0 Å². The smallest absolute Gasteiger partial charge is 0.503 e. The Labute approximate surface area is 34.3 Å². The van der Waals surface area contributed by atoms with E-state index in [2.05, 4.69) is 0 Å². The van der Waals surface area contributed by atoms with Crippen molar-refractivity contribution in [2.45, 2.75) is 0 Å². The van der Waals surface area contributed by atoms with Gasteiger partial charge in [0.2, 0.25) is 0 Å². The first kappa shape index (κ1) is 8.83. The van der Waals surface area contributed by atoms with Crippen molar-refractivity contribution in [3.05, 3.63) is 6.57 Å². The van der Waals surface area contributed by atoms with E-state index >= 15 is 0 Å². The maximum absolute atomic E-state index is 8.56. The maximum atomic E-state index is 8.56. The normalized spacial score (nSPS) is 4.33. The van der Waals surface area contributed by atoms with E-state index in [4.69, 9.17) is 26.8 Å². The molecule has 0 atom stereocenters. The number of rotatable bonds is 0. The highest BCUT2D eigenvalue weighted by atomic mass is 16.6. The van der Waals surface area contributed by atoms with Gasteiger partial charge < -0.3 is 22.0 Å². The molecule has 2 N–H and O–H groups in total. The lowest BCUT2D eigenvalue weighted by Crippen LogP contribution is -1.81. The van der Waals surface area contributed by atoms with Gasteiger partial charge in [-0.05, 0) is 0 Å². The highest BCUT2D eigenvalue weighted by Crippen LogP contribution is 1.42. The van der Waals surface area contributed by atoms with Crippen LogP contribution in [-0.4, -0.2) is 16.4 Å². The van der Waals surface area contributed by atoms with E-state index in [9.17, 15) is 0 Å². The molecule has 0 aliphatic heterocycles. The molecule has 0 heterocycles. The van der Waals surface area contributed by atoms with Gasteiger partial charge >= 0.3 is 6.16 Å². The van der Waals surface area contributed by atoms with Gasteiger partial charge in [-0.25, -0.2) is 4.79 Å². The first-order chi connectivity index (χ1) is 2.73. The molecule has 0 aliphatic rings. The van der Waals surface area contributed by atoms with Crippen molar-refractivity contribution in [1.82, 2.24) is 0 Å². The quantitative estimate of drug-likeness (QED) is 0.418. The molecule has 34 valence electrons. The minimum Gasteiger partial charge on any atom is -0.512 e. The lowest BCUT2D eigenvalue weighted by Gasteiger charge is -1.60.